The Morgan fingerprint density at radius 3 is 2.39 bits per heavy atom. The lowest BCUT2D eigenvalue weighted by Gasteiger charge is -2.13. The first kappa shape index (κ1) is 28.1. The zero-order valence-electron chi connectivity index (χ0n) is 22.2. The molecule has 0 amide bonds. The molecular weight excluding hydrogens is 521 g/mol. The average Bonchev–Trinajstić information content (AvgIpc) is 3.26. The molecule has 1 aromatic heterocycles. The van der Waals surface area contributed by atoms with Crippen molar-refractivity contribution in [2.75, 3.05) is 26.3 Å². The van der Waals surface area contributed by atoms with Gasteiger partial charge in [0.1, 0.15) is 35.2 Å². The molecule has 8 heteroatoms. The highest BCUT2D eigenvalue weighted by molar-refractivity contribution is 6.34. The Bertz CT molecular complexity index is 1340. The topological polar surface area (TPSA) is 57.5 Å². The second-order valence-electron chi connectivity index (χ2n) is 9.00. The van der Waals surface area contributed by atoms with Crippen LogP contribution in [0, 0.1) is 0 Å². The van der Waals surface area contributed by atoms with Crippen LogP contribution in [0.25, 0.3) is 22.4 Å². The first-order valence-electron chi connectivity index (χ1n) is 13.3. The van der Waals surface area contributed by atoms with Gasteiger partial charge in [-0.15, -0.1) is 0 Å². The molecule has 0 saturated heterocycles. The van der Waals surface area contributed by atoms with E-state index in [1.54, 1.807) is 18.2 Å². The summed E-state index contributed by atoms with van der Waals surface area (Å²) in [5.41, 5.74) is 2.75. The monoisotopic (exact) mass is 555 g/mol. The Morgan fingerprint density at radius 2 is 1.66 bits per heavy atom. The molecule has 38 heavy (non-hydrogen) atoms. The van der Waals surface area contributed by atoms with E-state index in [4.69, 9.17) is 42.4 Å². The van der Waals surface area contributed by atoms with Gasteiger partial charge in [0, 0.05) is 40.8 Å². The molecule has 0 fully saturated rings. The highest BCUT2D eigenvalue weighted by Crippen LogP contribution is 2.36. The van der Waals surface area contributed by atoms with Gasteiger partial charge in [-0.05, 0) is 56.6 Å². The van der Waals surface area contributed by atoms with E-state index >= 15 is 0 Å². The molecule has 0 bridgehead atoms. The maximum absolute atomic E-state index is 6.16. The molecule has 4 rings (SSSR count). The minimum Gasteiger partial charge on any atom is -0.492 e. The molecule has 0 unspecified atom stereocenters. The molecule has 0 radical (unpaired) electrons. The van der Waals surface area contributed by atoms with Crippen molar-refractivity contribution in [1.29, 1.82) is 0 Å². The molecule has 0 aliphatic rings. The number of imidazole rings is 1. The van der Waals surface area contributed by atoms with Crippen LogP contribution in [-0.4, -0.2) is 35.9 Å². The summed E-state index contributed by atoms with van der Waals surface area (Å²) in [6.45, 7) is 10.0. The van der Waals surface area contributed by atoms with Gasteiger partial charge in [0.15, 0.2) is 5.75 Å². The SMILES string of the molecule is CCCCn1c(-c2cccc(Oc3cc(Cl)cc(Cl)c3)c2)nc2c(OCC)cc(OCCNCCC)cc21. The summed E-state index contributed by atoms with van der Waals surface area (Å²) in [6, 6.07) is 17.1. The number of nitrogens with one attached hydrogen (secondary N) is 1. The summed E-state index contributed by atoms with van der Waals surface area (Å²) in [6.07, 6.45) is 3.18. The van der Waals surface area contributed by atoms with Crippen LogP contribution in [-0.2, 0) is 6.54 Å². The van der Waals surface area contributed by atoms with Crippen molar-refractivity contribution in [1.82, 2.24) is 14.9 Å². The van der Waals surface area contributed by atoms with Gasteiger partial charge < -0.3 is 24.1 Å². The summed E-state index contributed by atoms with van der Waals surface area (Å²) in [5.74, 6) is 3.60. The van der Waals surface area contributed by atoms with Gasteiger partial charge in [-0.25, -0.2) is 4.98 Å². The van der Waals surface area contributed by atoms with Gasteiger partial charge in [-0.3, -0.25) is 0 Å². The Kier molecular flexibility index (Phi) is 10.2. The molecular formula is C30H35Cl2N3O3. The van der Waals surface area contributed by atoms with Gasteiger partial charge in [-0.2, -0.15) is 0 Å². The van der Waals surface area contributed by atoms with Crippen LogP contribution < -0.4 is 19.5 Å². The molecule has 0 spiro atoms. The number of aryl methyl sites for hydroxylation is 1. The van der Waals surface area contributed by atoms with Crippen LogP contribution in [0.4, 0.5) is 0 Å². The van der Waals surface area contributed by atoms with E-state index in [2.05, 4.69) is 29.8 Å². The molecule has 1 N–H and O–H groups in total. The van der Waals surface area contributed by atoms with Crippen LogP contribution >= 0.6 is 23.2 Å². The van der Waals surface area contributed by atoms with Crippen LogP contribution in [0.2, 0.25) is 10.0 Å². The van der Waals surface area contributed by atoms with Crippen LogP contribution in [0.15, 0.2) is 54.6 Å². The smallest absolute Gasteiger partial charge is 0.150 e. The third kappa shape index (κ3) is 7.13. The molecule has 0 aliphatic heterocycles. The molecule has 0 aliphatic carbocycles. The van der Waals surface area contributed by atoms with Crippen LogP contribution in [0.1, 0.15) is 40.0 Å². The minimum atomic E-state index is 0.521. The molecule has 4 aromatic rings. The maximum Gasteiger partial charge on any atom is 0.150 e. The number of rotatable bonds is 14. The third-order valence-electron chi connectivity index (χ3n) is 5.97. The van der Waals surface area contributed by atoms with Crippen molar-refractivity contribution >= 4 is 34.2 Å². The number of halogens is 2. The second-order valence-corrected chi connectivity index (χ2v) is 9.87. The summed E-state index contributed by atoms with van der Waals surface area (Å²) >= 11 is 12.3. The second kappa shape index (κ2) is 13.7. The average molecular weight is 557 g/mol. The number of hydrogen-bond donors (Lipinski definition) is 1. The van der Waals surface area contributed by atoms with Crippen molar-refractivity contribution in [2.45, 2.75) is 46.6 Å². The Labute approximate surface area is 234 Å². The quantitative estimate of drug-likeness (QED) is 0.158. The number of unbranched alkanes of at least 4 members (excludes halogenated alkanes) is 1. The maximum atomic E-state index is 6.16. The lowest BCUT2D eigenvalue weighted by molar-refractivity contribution is 0.308. The molecule has 0 atom stereocenters. The minimum absolute atomic E-state index is 0.521. The lowest BCUT2D eigenvalue weighted by Crippen LogP contribution is -2.21. The van der Waals surface area contributed by atoms with Gasteiger partial charge in [-0.1, -0.05) is 55.6 Å². The fourth-order valence-corrected chi connectivity index (χ4v) is 4.75. The van der Waals surface area contributed by atoms with E-state index in [0.29, 0.717) is 34.8 Å². The Morgan fingerprint density at radius 1 is 0.842 bits per heavy atom. The van der Waals surface area contributed by atoms with E-state index in [0.717, 1.165) is 72.8 Å². The summed E-state index contributed by atoms with van der Waals surface area (Å²) < 4.78 is 20.5. The van der Waals surface area contributed by atoms with E-state index in [9.17, 15) is 0 Å². The predicted molar refractivity (Wildman–Crippen MR) is 156 cm³/mol. The zero-order chi connectivity index (χ0) is 26.9. The van der Waals surface area contributed by atoms with Crippen molar-refractivity contribution in [3.63, 3.8) is 0 Å². The summed E-state index contributed by atoms with van der Waals surface area (Å²) in [5, 5.41) is 4.42. The molecule has 6 nitrogen and oxygen atoms in total. The fourth-order valence-electron chi connectivity index (χ4n) is 4.24. The van der Waals surface area contributed by atoms with E-state index < -0.39 is 0 Å². The molecule has 3 aromatic carbocycles. The van der Waals surface area contributed by atoms with Crippen molar-refractivity contribution in [3.8, 4) is 34.4 Å². The third-order valence-corrected chi connectivity index (χ3v) is 6.40. The standard InChI is InChI=1S/C30H35Cl2N3O3/c1-4-7-13-35-27-19-25(37-14-12-33-11-5-2)20-28(36-6-3)29(27)34-30(35)21-9-8-10-24(15-21)38-26-17-22(31)16-23(32)18-26/h8-10,15-20,33H,4-7,11-14H2,1-3H3. The Hall–Kier alpha value is -2.93. The normalized spacial score (nSPS) is 11.2. The highest BCUT2D eigenvalue weighted by Gasteiger charge is 2.18. The highest BCUT2D eigenvalue weighted by atomic mass is 35.5. The number of nitrogens with zero attached hydrogens (tertiary/aromatic N) is 2. The predicted octanol–water partition coefficient (Wildman–Crippen LogP) is 8.38. The largest absolute Gasteiger partial charge is 0.492 e. The first-order chi connectivity index (χ1) is 18.5. The molecule has 0 saturated carbocycles. The zero-order valence-corrected chi connectivity index (χ0v) is 23.7. The summed E-state index contributed by atoms with van der Waals surface area (Å²) in [7, 11) is 0. The Balaban J connectivity index is 1.72. The summed E-state index contributed by atoms with van der Waals surface area (Å²) in [4.78, 5) is 5.06. The van der Waals surface area contributed by atoms with E-state index in [-0.39, 0.29) is 0 Å². The van der Waals surface area contributed by atoms with Gasteiger partial charge >= 0.3 is 0 Å². The van der Waals surface area contributed by atoms with E-state index in [1.165, 1.54) is 0 Å². The number of fused-ring (bicyclic) bond motifs is 1. The van der Waals surface area contributed by atoms with Crippen molar-refractivity contribution in [2.24, 2.45) is 0 Å². The number of hydrogen-bond acceptors (Lipinski definition) is 5. The van der Waals surface area contributed by atoms with Crippen LogP contribution in [0.3, 0.4) is 0 Å². The van der Waals surface area contributed by atoms with Gasteiger partial charge in [0.25, 0.3) is 0 Å². The van der Waals surface area contributed by atoms with Crippen molar-refractivity contribution < 1.29 is 14.2 Å². The first-order valence-corrected chi connectivity index (χ1v) is 14.0. The van der Waals surface area contributed by atoms with Gasteiger partial charge in [0.2, 0.25) is 0 Å². The lowest BCUT2D eigenvalue weighted by atomic mass is 10.2. The van der Waals surface area contributed by atoms with Crippen LogP contribution in [0.5, 0.6) is 23.0 Å². The number of aromatic nitrogens is 2. The molecule has 1 heterocycles. The van der Waals surface area contributed by atoms with E-state index in [1.807, 2.05) is 37.3 Å². The fraction of sp³-hybridized carbons (Fsp3) is 0.367. The van der Waals surface area contributed by atoms with Crippen molar-refractivity contribution in [3.05, 3.63) is 64.6 Å². The number of ether oxygens (including phenoxy) is 3. The van der Waals surface area contributed by atoms with Gasteiger partial charge in [0.05, 0.1) is 12.1 Å². The number of benzene rings is 3. The molecule has 202 valence electrons.